The molecule has 4 heteroatoms. The van der Waals surface area contributed by atoms with Crippen LogP contribution in [-0.2, 0) is 6.42 Å². The highest BCUT2D eigenvalue weighted by atomic mass is 32.1. The Morgan fingerprint density at radius 1 is 1.50 bits per heavy atom. The van der Waals surface area contributed by atoms with E-state index in [9.17, 15) is 10.2 Å². The number of hydrogen-bond donors (Lipinski definition) is 2. The minimum atomic E-state index is -0.982. The molecule has 0 saturated carbocycles. The van der Waals surface area contributed by atoms with Gasteiger partial charge in [0.2, 0.25) is 0 Å². The zero-order valence-electron chi connectivity index (χ0n) is 9.39. The summed E-state index contributed by atoms with van der Waals surface area (Å²) in [5, 5.41) is 29.9. The molecule has 0 aliphatic heterocycles. The highest BCUT2D eigenvalue weighted by Crippen LogP contribution is 2.29. The smallest absolute Gasteiger partial charge is 0.115 e. The van der Waals surface area contributed by atoms with Crippen LogP contribution in [0, 0.1) is 11.3 Å². The number of rotatable bonds is 6. The second kappa shape index (κ2) is 6.64. The third-order valence-electron chi connectivity index (χ3n) is 2.51. The third kappa shape index (κ3) is 3.31. The number of aryl methyl sites for hydroxylation is 1. The molecule has 2 atom stereocenters. The molecule has 0 saturated heterocycles. The number of nitrogens with zero attached hydrogens (tertiary/aromatic N) is 1. The molecule has 16 heavy (non-hydrogen) atoms. The summed E-state index contributed by atoms with van der Waals surface area (Å²) in [5.74, 6) is 0. The fourth-order valence-corrected chi connectivity index (χ4v) is 2.56. The van der Waals surface area contributed by atoms with E-state index in [4.69, 9.17) is 5.26 Å². The van der Waals surface area contributed by atoms with E-state index in [1.54, 1.807) is 0 Å². The maximum atomic E-state index is 9.90. The first kappa shape index (κ1) is 13.2. The second-order valence-corrected chi connectivity index (χ2v) is 4.74. The van der Waals surface area contributed by atoms with Crippen molar-refractivity contribution < 1.29 is 10.2 Å². The Bertz CT molecular complexity index is 356. The van der Waals surface area contributed by atoms with Gasteiger partial charge in [-0.25, -0.2) is 0 Å². The molecule has 1 aromatic heterocycles. The molecule has 0 aliphatic carbocycles. The van der Waals surface area contributed by atoms with Gasteiger partial charge in [0.25, 0.3) is 0 Å². The average molecular weight is 239 g/mol. The van der Waals surface area contributed by atoms with Gasteiger partial charge in [-0.15, -0.1) is 11.3 Å². The minimum Gasteiger partial charge on any atom is -0.389 e. The summed E-state index contributed by atoms with van der Waals surface area (Å²) >= 11 is 1.44. The zero-order valence-corrected chi connectivity index (χ0v) is 10.2. The van der Waals surface area contributed by atoms with E-state index in [-0.39, 0.29) is 6.42 Å². The predicted octanol–water partition coefficient (Wildman–Crippen LogP) is 2.40. The lowest BCUT2D eigenvalue weighted by Gasteiger charge is -2.15. The van der Waals surface area contributed by atoms with Crippen molar-refractivity contribution in [2.45, 2.75) is 44.8 Å². The summed E-state index contributed by atoms with van der Waals surface area (Å²) in [6.45, 7) is 2.12. The van der Waals surface area contributed by atoms with Gasteiger partial charge in [0.15, 0.2) is 0 Å². The monoisotopic (exact) mass is 239 g/mol. The van der Waals surface area contributed by atoms with Gasteiger partial charge in [-0.1, -0.05) is 13.3 Å². The van der Waals surface area contributed by atoms with Crippen LogP contribution in [-0.4, -0.2) is 16.3 Å². The highest BCUT2D eigenvalue weighted by Gasteiger charge is 2.21. The molecule has 0 aromatic carbocycles. The Labute approximate surface area is 100.0 Å². The van der Waals surface area contributed by atoms with Crippen LogP contribution >= 0.6 is 11.3 Å². The van der Waals surface area contributed by atoms with E-state index >= 15 is 0 Å². The van der Waals surface area contributed by atoms with Crippen molar-refractivity contribution in [2.75, 3.05) is 0 Å². The Kier molecular flexibility index (Phi) is 5.47. The molecule has 0 aliphatic rings. The maximum Gasteiger partial charge on any atom is 0.115 e. The number of thiophene rings is 1. The highest BCUT2D eigenvalue weighted by molar-refractivity contribution is 7.10. The van der Waals surface area contributed by atoms with Crippen molar-refractivity contribution in [3.8, 4) is 6.07 Å². The summed E-state index contributed by atoms with van der Waals surface area (Å²) < 4.78 is 0. The lowest BCUT2D eigenvalue weighted by Crippen LogP contribution is -2.17. The molecular formula is C12H17NO2S. The van der Waals surface area contributed by atoms with Crippen molar-refractivity contribution >= 4 is 11.3 Å². The number of aliphatic hydroxyl groups excluding tert-OH is 2. The normalized spacial score (nSPS) is 14.4. The lowest BCUT2D eigenvalue weighted by molar-refractivity contribution is 0.0233. The molecule has 2 unspecified atom stereocenters. The quantitative estimate of drug-likeness (QED) is 0.801. The van der Waals surface area contributed by atoms with E-state index in [2.05, 4.69) is 6.92 Å². The van der Waals surface area contributed by atoms with Crippen LogP contribution in [0.15, 0.2) is 11.4 Å². The molecule has 0 amide bonds. The van der Waals surface area contributed by atoms with Crippen molar-refractivity contribution in [1.29, 1.82) is 5.26 Å². The fourth-order valence-electron chi connectivity index (χ4n) is 1.56. The van der Waals surface area contributed by atoms with Crippen LogP contribution in [0.2, 0.25) is 0 Å². The van der Waals surface area contributed by atoms with E-state index < -0.39 is 12.2 Å². The van der Waals surface area contributed by atoms with Gasteiger partial charge in [0, 0.05) is 4.88 Å². The van der Waals surface area contributed by atoms with Gasteiger partial charge in [-0.3, -0.25) is 0 Å². The first-order valence-electron chi connectivity index (χ1n) is 5.50. The minimum absolute atomic E-state index is 0.0354. The molecule has 1 rings (SSSR count). The van der Waals surface area contributed by atoms with Crippen molar-refractivity contribution in [3.63, 3.8) is 0 Å². The SMILES string of the molecule is CCCCc1ccsc1C(O)C(O)CC#N. The number of aliphatic hydroxyl groups is 2. The molecule has 2 N–H and O–H groups in total. The van der Waals surface area contributed by atoms with Crippen LogP contribution in [0.25, 0.3) is 0 Å². The van der Waals surface area contributed by atoms with E-state index in [0.717, 1.165) is 29.7 Å². The Balaban J connectivity index is 2.71. The lowest BCUT2D eigenvalue weighted by atomic mass is 10.0. The molecule has 0 fully saturated rings. The standard InChI is InChI=1S/C12H17NO2S/c1-2-3-4-9-6-8-16-12(9)11(15)10(14)5-7-13/h6,8,10-11,14-15H,2-5H2,1H3. The number of unbranched alkanes of at least 4 members (excludes halogenated alkanes) is 1. The van der Waals surface area contributed by atoms with Gasteiger partial charge in [-0.05, 0) is 29.9 Å². The largest absolute Gasteiger partial charge is 0.389 e. The van der Waals surface area contributed by atoms with E-state index in [1.807, 2.05) is 17.5 Å². The van der Waals surface area contributed by atoms with Crippen LogP contribution in [0.4, 0.5) is 0 Å². The van der Waals surface area contributed by atoms with Crippen LogP contribution in [0.5, 0.6) is 0 Å². The van der Waals surface area contributed by atoms with Gasteiger partial charge in [0.1, 0.15) is 6.10 Å². The molecule has 0 spiro atoms. The van der Waals surface area contributed by atoms with Crippen molar-refractivity contribution in [3.05, 3.63) is 21.9 Å². The van der Waals surface area contributed by atoms with Gasteiger partial charge >= 0.3 is 0 Å². The van der Waals surface area contributed by atoms with Crippen LogP contribution < -0.4 is 0 Å². The Hall–Kier alpha value is -0.890. The Morgan fingerprint density at radius 2 is 2.25 bits per heavy atom. The van der Waals surface area contributed by atoms with E-state index in [0.29, 0.717) is 0 Å². The molecule has 0 radical (unpaired) electrons. The fraction of sp³-hybridized carbons (Fsp3) is 0.583. The van der Waals surface area contributed by atoms with Gasteiger partial charge in [0.05, 0.1) is 18.6 Å². The zero-order chi connectivity index (χ0) is 12.0. The van der Waals surface area contributed by atoms with Gasteiger partial charge < -0.3 is 10.2 Å². The van der Waals surface area contributed by atoms with Gasteiger partial charge in [-0.2, -0.15) is 5.26 Å². The molecule has 88 valence electrons. The molecule has 0 bridgehead atoms. The molecule has 1 aromatic rings. The first-order chi connectivity index (χ1) is 7.70. The summed E-state index contributed by atoms with van der Waals surface area (Å²) in [5.41, 5.74) is 1.09. The van der Waals surface area contributed by atoms with Crippen LogP contribution in [0.3, 0.4) is 0 Å². The number of nitriles is 1. The summed E-state index contributed by atoms with van der Waals surface area (Å²) in [6, 6.07) is 3.85. The number of hydrogen-bond acceptors (Lipinski definition) is 4. The third-order valence-corrected chi connectivity index (χ3v) is 3.54. The van der Waals surface area contributed by atoms with Crippen LogP contribution in [0.1, 0.15) is 42.7 Å². The maximum absolute atomic E-state index is 9.90. The topological polar surface area (TPSA) is 64.2 Å². The summed E-state index contributed by atoms with van der Waals surface area (Å²) in [6.07, 6.45) is 1.16. The summed E-state index contributed by atoms with van der Waals surface area (Å²) in [4.78, 5) is 0.802. The van der Waals surface area contributed by atoms with Crippen molar-refractivity contribution in [1.82, 2.24) is 0 Å². The average Bonchev–Trinajstić information content (AvgIpc) is 2.73. The first-order valence-corrected chi connectivity index (χ1v) is 6.38. The summed E-state index contributed by atoms with van der Waals surface area (Å²) in [7, 11) is 0. The molecule has 1 heterocycles. The second-order valence-electron chi connectivity index (χ2n) is 3.79. The van der Waals surface area contributed by atoms with E-state index in [1.165, 1.54) is 11.3 Å². The Morgan fingerprint density at radius 3 is 2.88 bits per heavy atom. The molecular weight excluding hydrogens is 222 g/mol. The van der Waals surface area contributed by atoms with Crippen molar-refractivity contribution in [2.24, 2.45) is 0 Å². The molecule has 3 nitrogen and oxygen atoms in total. The predicted molar refractivity (Wildman–Crippen MR) is 64.1 cm³/mol.